The van der Waals surface area contributed by atoms with Crippen molar-refractivity contribution in [3.8, 4) is 0 Å². The van der Waals surface area contributed by atoms with Crippen LogP contribution in [0.2, 0.25) is 10.0 Å². The van der Waals surface area contributed by atoms with E-state index in [9.17, 15) is 13.2 Å². The molecule has 0 heterocycles. The maximum atomic E-state index is 12.8. The molecule has 9 heteroatoms. The minimum atomic E-state index is -3.82. The SMILES string of the molecule is Cc1ccc(C(=O)NCCSCc2ccc(Cl)cc2Cl)cc1S(=O)(=O)Nc1ccccc1. The Bertz CT molecular complexity index is 1200. The summed E-state index contributed by atoms with van der Waals surface area (Å²) in [6.45, 7) is 2.13. The van der Waals surface area contributed by atoms with Crippen molar-refractivity contribution >= 4 is 56.6 Å². The molecule has 3 aromatic rings. The Balaban J connectivity index is 1.57. The number of halogens is 2. The number of hydrogen-bond acceptors (Lipinski definition) is 4. The lowest BCUT2D eigenvalue weighted by molar-refractivity contribution is 0.0956. The zero-order chi connectivity index (χ0) is 23.1. The summed E-state index contributed by atoms with van der Waals surface area (Å²) in [6.07, 6.45) is 0. The first-order valence-corrected chi connectivity index (χ1v) is 13.1. The maximum absolute atomic E-state index is 12.8. The highest BCUT2D eigenvalue weighted by Gasteiger charge is 2.19. The summed E-state index contributed by atoms with van der Waals surface area (Å²) in [4.78, 5) is 12.6. The minimum absolute atomic E-state index is 0.0701. The van der Waals surface area contributed by atoms with Gasteiger partial charge in [0.05, 0.1) is 4.90 Å². The molecule has 0 bridgehead atoms. The van der Waals surface area contributed by atoms with Crippen LogP contribution in [-0.2, 0) is 15.8 Å². The topological polar surface area (TPSA) is 75.3 Å². The fourth-order valence-electron chi connectivity index (χ4n) is 2.91. The Morgan fingerprint density at radius 2 is 1.75 bits per heavy atom. The predicted molar refractivity (Wildman–Crippen MR) is 133 cm³/mol. The van der Waals surface area contributed by atoms with Gasteiger partial charge in [-0.15, -0.1) is 0 Å². The number of anilines is 1. The van der Waals surface area contributed by atoms with E-state index in [-0.39, 0.29) is 16.4 Å². The molecule has 0 saturated heterocycles. The number of benzene rings is 3. The highest BCUT2D eigenvalue weighted by Crippen LogP contribution is 2.24. The molecule has 0 unspecified atom stereocenters. The van der Waals surface area contributed by atoms with Gasteiger partial charge in [-0.2, -0.15) is 11.8 Å². The van der Waals surface area contributed by atoms with Gasteiger partial charge in [0, 0.05) is 39.3 Å². The monoisotopic (exact) mass is 508 g/mol. The fraction of sp³-hybridized carbons (Fsp3) is 0.174. The third-order valence-corrected chi connectivity index (χ3v) is 7.69. The normalized spacial score (nSPS) is 11.2. The molecule has 0 spiro atoms. The van der Waals surface area contributed by atoms with Crippen molar-refractivity contribution in [2.75, 3.05) is 17.0 Å². The molecule has 0 radical (unpaired) electrons. The van der Waals surface area contributed by atoms with E-state index in [1.54, 1.807) is 73.3 Å². The molecule has 32 heavy (non-hydrogen) atoms. The number of nitrogens with one attached hydrogen (secondary N) is 2. The highest BCUT2D eigenvalue weighted by atomic mass is 35.5. The van der Waals surface area contributed by atoms with Crippen molar-refractivity contribution in [1.82, 2.24) is 5.32 Å². The number of carbonyl (C=O) groups excluding carboxylic acids is 1. The molecule has 0 aliphatic carbocycles. The van der Waals surface area contributed by atoms with Gasteiger partial charge in [0.25, 0.3) is 15.9 Å². The Hall–Kier alpha value is -2.19. The number of hydrogen-bond donors (Lipinski definition) is 2. The average molecular weight is 509 g/mol. The van der Waals surface area contributed by atoms with Crippen LogP contribution in [0.15, 0.2) is 71.6 Å². The molecule has 1 amide bonds. The summed E-state index contributed by atoms with van der Waals surface area (Å²) in [6, 6.07) is 18.6. The number of aryl methyl sites for hydroxylation is 1. The van der Waals surface area contributed by atoms with Gasteiger partial charge in [-0.1, -0.05) is 53.5 Å². The van der Waals surface area contributed by atoms with Gasteiger partial charge in [0.15, 0.2) is 0 Å². The van der Waals surface area contributed by atoms with E-state index < -0.39 is 10.0 Å². The number of sulfonamides is 1. The van der Waals surface area contributed by atoms with Gasteiger partial charge in [-0.25, -0.2) is 8.42 Å². The van der Waals surface area contributed by atoms with E-state index >= 15 is 0 Å². The maximum Gasteiger partial charge on any atom is 0.262 e. The third-order valence-electron chi connectivity index (χ3n) is 4.57. The lowest BCUT2D eigenvalue weighted by Crippen LogP contribution is -2.26. The van der Waals surface area contributed by atoms with Crippen molar-refractivity contribution in [2.24, 2.45) is 0 Å². The number of para-hydroxylation sites is 1. The molecular formula is C23H22Cl2N2O3S2. The van der Waals surface area contributed by atoms with Crippen molar-refractivity contribution in [3.63, 3.8) is 0 Å². The summed E-state index contributed by atoms with van der Waals surface area (Å²) in [5.41, 5.74) is 2.28. The van der Waals surface area contributed by atoms with Crippen LogP contribution in [0.1, 0.15) is 21.5 Å². The summed E-state index contributed by atoms with van der Waals surface area (Å²) >= 11 is 13.7. The van der Waals surface area contributed by atoms with E-state index in [2.05, 4.69) is 10.0 Å². The molecular weight excluding hydrogens is 487 g/mol. The van der Waals surface area contributed by atoms with Crippen LogP contribution in [0.25, 0.3) is 0 Å². The quantitative estimate of drug-likeness (QED) is 0.360. The Morgan fingerprint density at radius 1 is 1.00 bits per heavy atom. The van der Waals surface area contributed by atoms with Crippen LogP contribution in [0.4, 0.5) is 5.69 Å². The van der Waals surface area contributed by atoms with E-state index in [4.69, 9.17) is 23.2 Å². The largest absolute Gasteiger partial charge is 0.351 e. The molecule has 0 aliphatic rings. The molecule has 5 nitrogen and oxygen atoms in total. The van der Waals surface area contributed by atoms with Gasteiger partial charge in [0.2, 0.25) is 0 Å². The molecule has 0 atom stereocenters. The summed E-state index contributed by atoms with van der Waals surface area (Å²) in [5, 5.41) is 4.04. The average Bonchev–Trinajstić information content (AvgIpc) is 2.75. The van der Waals surface area contributed by atoms with Crippen LogP contribution >= 0.6 is 35.0 Å². The van der Waals surface area contributed by atoms with E-state index in [1.165, 1.54) is 6.07 Å². The molecule has 0 aliphatic heterocycles. The zero-order valence-electron chi connectivity index (χ0n) is 17.3. The van der Waals surface area contributed by atoms with Gasteiger partial charge in [0.1, 0.15) is 0 Å². The van der Waals surface area contributed by atoms with Crippen LogP contribution in [0, 0.1) is 6.92 Å². The summed E-state index contributed by atoms with van der Waals surface area (Å²) in [7, 11) is -3.82. The van der Waals surface area contributed by atoms with Gasteiger partial charge in [-0.05, 0) is 54.4 Å². The van der Waals surface area contributed by atoms with Crippen LogP contribution in [0.3, 0.4) is 0 Å². The molecule has 0 aromatic heterocycles. The minimum Gasteiger partial charge on any atom is -0.351 e. The number of amides is 1. The van der Waals surface area contributed by atoms with Gasteiger partial charge >= 0.3 is 0 Å². The van der Waals surface area contributed by atoms with Crippen LogP contribution in [0.5, 0.6) is 0 Å². The van der Waals surface area contributed by atoms with Gasteiger partial charge < -0.3 is 5.32 Å². The number of thioether (sulfide) groups is 1. The Kier molecular flexibility index (Phi) is 8.48. The fourth-order valence-corrected chi connectivity index (χ4v) is 5.65. The lowest BCUT2D eigenvalue weighted by Gasteiger charge is -2.12. The van der Waals surface area contributed by atoms with Crippen molar-refractivity contribution in [1.29, 1.82) is 0 Å². The lowest BCUT2D eigenvalue weighted by atomic mass is 10.1. The summed E-state index contributed by atoms with van der Waals surface area (Å²) in [5.74, 6) is 1.05. The number of rotatable bonds is 9. The Labute approximate surface area is 202 Å². The molecule has 168 valence electrons. The predicted octanol–water partition coefficient (Wildman–Crippen LogP) is 5.77. The number of carbonyl (C=O) groups is 1. The van der Waals surface area contributed by atoms with Crippen molar-refractivity contribution in [2.45, 2.75) is 17.6 Å². The highest BCUT2D eigenvalue weighted by molar-refractivity contribution is 7.98. The molecule has 3 rings (SSSR count). The second-order valence-corrected chi connectivity index (χ2v) is 10.6. The molecule has 3 aromatic carbocycles. The second kappa shape index (κ2) is 11.1. The smallest absolute Gasteiger partial charge is 0.262 e. The van der Waals surface area contributed by atoms with Gasteiger partial charge in [-0.3, -0.25) is 9.52 Å². The first-order chi connectivity index (χ1) is 15.3. The van der Waals surface area contributed by atoms with E-state index in [1.807, 2.05) is 6.07 Å². The zero-order valence-corrected chi connectivity index (χ0v) is 20.4. The van der Waals surface area contributed by atoms with Crippen molar-refractivity contribution in [3.05, 3.63) is 93.5 Å². The van der Waals surface area contributed by atoms with E-state index in [0.717, 1.165) is 5.56 Å². The van der Waals surface area contributed by atoms with Crippen LogP contribution < -0.4 is 10.0 Å². The van der Waals surface area contributed by atoms with E-state index in [0.29, 0.717) is 39.3 Å². The standard InChI is InChI=1S/C23H22Cl2N2O3S2/c1-16-7-8-17(13-22(16)32(29,30)27-20-5-3-2-4-6-20)23(28)26-11-12-31-15-18-9-10-19(24)14-21(18)25/h2-10,13-14,27H,11-12,15H2,1H3,(H,26,28). The summed E-state index contributed by atoms with van der Waals surface area (Å²) < 4.78 is 28.2. The first kappa shape index (κ1) is 24.5. The molecule has 0 saturated carbocycles. The molecule has 2 N–H and O–H groups in total. The van der Waals surface area contributed by atoms with Crippen LogP contribution in [-0.4, -0.2) is 26.6 Å². The Morgan fingerprint density at radius 3 is 2.47 bits per heavy atom. The second-order valence-electron chi connectivity index (χ2n) is 7.00. The third kappa shape index (κ3) is 6.65. The first-order valence-electron chi connectivity index (χ1n) is 9.74. The van der Waals surface area contributed by atoms with Crippen molar-refractivity contribution < 1.29 is 13.2 Å². The molecule has 0 fully saturated rings.